The number of aromatic hydroxyl groups is 3. The summed E-state index contributed by atoms with van der Waals surface area (Å²) in [6.45, 7) is 5.25. The number of phenols is 3. The van der Waals surface area contributed by atoms with Crippen LogP contribution in [-0.2, 0) is 28.2 Å². The van der Waals surface area contributed by atoms with E-state index in [9.17, 15) is 0 Å². The zero-order valence-corrected chi connectivity index (χ0v) is 51.3. The van der Waals surface area contributed by atoms with E-state index in [0.717, 1.165) is 34.2 Å². The average molecular weight is 1240 g/mol. The summed E-state index contributed by atoms with van der Waals surface area (Å²) < 4.78 is 40.3. The summed E-state index contributed by atoms with van der Waals surface area (Å²) in [5, 5.41) is 42.7. The van der Waals surface area contributed by atoms with Crippen LogP contribution in [0.25, 0.3) is 0 Å². The van der Waals surface area contributed by atoms with Crippen LogP contribution in [0, 0.1) is 0 Å². The largest absolute Gasteiger partial charge is 0.508 e. The van der Waals surface area contributed by atoms with E-state index in [2.05, 4.69) is 35.9 Å². The molecule has 0 atom stereocenters. The molecule has 0 amide bonds. The number of anilines is 5. The number of nitrogens with two attached hydrogens (primary N) is 1. The molecule has 0 saturated carbocycles. The van der Waals surface area contributed by atoms with Gasteiger partial charge in [0.1, 0.15) is 42.0 Å². The Kier molecular flexibility index (Phi) is 54.7. The second kappa shape index (κ2) is 54.7. The first-order valence-electron chi connectivity index (χ1n) is 24.0. The highest BCUT2D eigenvalue weighted by atomic mass is 36.0. The van der Waals surface area contributed by atoms with Crippen LogP contribution in [0.5, 0.6) is 28.7 Å². The molecule has 0 radical (unpaired) electrons. The zero-order chi connectivity index (χ0) is 59.4. The van der Waals surface area contributed by atoms with Crippen LogP contribution < -0.4 is 34.8 Å². The van der Waals surface area contributed by atoms with Gasteiger partial charge in [-0.25, -0.2) is 4.21 Å². The van der Waals surface area contributed by atoms with E-state index in [0.29, 0.717) is 107 Å². The van der Waals surface area contributed by atoms with Crippen molar-refractivity contribution in [2.45, 2.75) is 0 Å². The summed E-state index contributed by atoms with van der Waals surface area (Å²) in [5.74, 6) is 4.79. The van der Waals surface area contributed by atoms with E-state index >= 15 is 0 Å². The quantitative estimate of drug-likeness (QED) is 0.0111. The molecule has 0 aromatic heterocycles. The fourth-order valence-electron chi connectivity index (χ4n) is 4.85. The highest BCUT2D eigenvalue weighted by molar-refractivity contribution is 8.26. The highest BCUT2D eigenvalue weighted by Gasteiger charge is 2.00. The molecule has 0 bridgehead atoms. The highest BCUT2D eigenvalue weighted by Crippen LogP contribution is 2.19. The summed E-state index contributed by atoms with van der Waals surface area (Å²) in [6, 6.07) is 36.6. The molecule has 444 valence electrons. The molecule has 5 rings (SSSR count). The molecule has 24 heteroatoms. The van der Waals surface area contributed by atoms with Gasteiger partial charge >= 0.3 is 0 Å². The topological polar surface area (TPSA) is 213 Å². The first-order chi connectivity index (χ1) is 37.2. The molecule has 5 aromatic carbocycles. The normalized spacial score (nSPS) is 9.65. The van der Waals surface area contributed by atoms with Gasteiger partial charge in [0.05, 0.1) is 66.1 Å². The van der Waals surface area contributed by atoms with Gasteiger partial charge < -0.3 is 79.3 Å². The van der Waals surface area contributed by atoms with Crippen molar-refractivity contribution in [2.24, 2.45) is 0 Å². The predicted octanol–water partition coefficient (Wildman–Crippen LogP) is 10.2. The fourth-order valence-corrected chi connectivity index (χ4v) is 5.29. The Bertz CT molecular complexity index is 1910. The van der Waals surface area contributed by atoms with Crippen LogP contribution >= 0.6 is 67.8 Å². The van der Waals surface area contributed by atoms with Gasteiger partial charge in [-0.15, -0.1) is 46.4 Å². The van der Waals surface area contributed by atoms with Gasteiger partial charge in [0.25, 0.3) is 0 Å². The van der Waals surface area contributed by atoms with E-state index in [4.69, 9.17) is 106 Å². The first-order valence-corrected chi connectivity index (χ1v) is 29.0. The van der Waals surface area contributed by atoms with Crippen molar-refractivity contribution in [2.75, 3.05) is 185 Å². The van der Waals surface area contributed by atoms with Crippen molar-refractivity contribution in [1.29, 1.82) is 0 Å². The Morgan fingerprint density at radius 2 is 0.603 bits per heavy atom. The number of hydrogen-bond acceptors (Lipinski definition) is 17. The summed E-state index contributed by atoms with van der Waals surface area (Å²) in [7, 11) is 23.3. The Morgan fingerprint density at radius 1 is 0.385 bits per heavy atom. The van der Waals surface area contributed by atoms with Crippen LogP contribution in [0.15, 0.2) is 121 Å². The van der Waals surface area contributed by atoms with Crippen molar-refractivity contribution in [3.8, 4) is 28.7 Å². The number of halogens is 6. The molecule has 5 aromatic rings. The number of phenolic OH excluding ortho intramolecular Hbond substituents is 3. The van der Waals surface area contributed by atoms with Crippen molar-refractivity contribution in [1.82, 2.24) is 0 Å². The second-order valence-corrected chi connectivity index (χ2v) is 19.8. The maximum atomic E-state index is 9.09. The molecular formula is C54H83Cl6N5O12S. The summed E-state index contributed by atoms with van der Waals surface area (Å²) in [5.41, 5.74) is 10.5. The number of hydrogen-bond donors (Lipinski definition) is 6. The Balaban J connectivity index is -0.000000895. The van der Waals surface area contributed by atoms with Gasteiger partial charge in [0.2, 0.25) is 9.23 Å². The van der Waals surface area contributed by atoms with Gasteiger partial charge in [-0.3, -0.25) is 0 Å². The minimum atomic E-state index is -1.67. The number of aliphatic hydroxyl groups is 2. The number of rotatable bonds is 24. The smallest absolute Gasteiger partial charge is 0.211 e. The number of benzene rings is 5. The van der Waals surface area contributed by atoms with Crippen LogP contribution in [0.4, 0.5) is 28.4 Å². The second-order valence-electron chi connectivity index (χ2n) is 15.7. The summed E-state index contributed by atoms with van der Waals surface area (Å²) in [6.07, 6.45) is 0. The fraction of sp³-hybridized carbons (Fsp3) is 0.444. The Morgan fingerprint density at radius 3 is 0.821 bits per heavy atom. The molecule has 78 heavy (non-hydrogen) atoms. The molecule has 7 N–H and O–H groups in total. The molecule has 0 unspecified atom stereocenters. The number of ether oxygens (including phenoxy) is 6. The lowest BCUT2D eigenvalue weighted by Gasteiger charge is -2.13. The predicted molar refractivity (Wildman–Crippen MR) is 330 cm³/mol. The van der Waals surface area contributed by atoms with Crippen LogP contribution in [-0.4, -0.2) is 189 Å². The third-order valence-electron chi connectivity index (χ3n) is 8.68. The molecule has 0 saturated heterocycles. The third-order valence-corrected chi connectivity index (χ3v) is 9.30. The Labute approximate surface area is 495 Å². The van der Waals surface area contributed by atoms with Crippen LogP contribution in [0.3, 0.4) is 0 Å². The van der Waals surface area contributed by atoms with Gasteiger partial charge in [0, 0.05) is 130 Å². The minimum absolute atomic E-state index is 0.0278. The molecule has 0 aliphatic carbocycles. The molecule has 0 aliphatic heterocycles. The van der Waals surface area contributed by atoms with Crippen LogP contribution in [0.1, 0.15) is 0 Å². The SMILES string of the molecule is CN(C)c1ccc(O)cc1.CN(C)c1ccc(O)cc1.CN(C)c1ccc(OCCOCCOc2ccc(N(C)C)cc2)cc1.ClCCOCCCl.ClCCOCCCl.Nc1ccc(O)cc1.O=S(Cl)Cl.OCCOCCO. The van der Waals surface area contributed by atoms with E-state index < -0.39 is 9.23 Å². The number of aliphatic hydroxyl groups excluding tert-OH is 2. The van der Waals surface area contributed by atoms with Crippen molar-refractivity contribution in [3.63, 3.8) is 0 Å². The number of nitrogen functional groups attached to an aromatic ring is 1. The molecule has 17 nitrogen and oxygen atoms in total. The molecular weight excluding hydrogens is 1160 g/mol. The van der Waals surface area contributed by atoms with Crippen molar-refractivity contribution >= 4 is 105 Å². The van der Waals surface area contributed by atoms with E-state index in [1.54, 1.807) is 48.5 Å². The van der Waals surface area contributed by atoms with Gasteiger partial charge in [-0.1, -0.05) is 0 Å². The van der Waals surface area contributed by atoms with E-state index in [1.165, 1.54) is 0 Å². The van der Waals surface area contributed by atoms with Crippen molar-refractivity contribution in [3.05, 3.63) is 121 Å². The molecule has 0 spiro atoms. The standard InChI is InChI=1S/C20H28N2O3.2C8H11NO.C6H7NO.2C4H8Cl2O.C4H10O3.Cl2OS/c1-21(2)17-5-9-19(10-6-17)24-15-13-23-14-16-25-20-11-7-18(8-12-20)22(3)4;2*1-9(2)7-3-5-8(10)6-4-7;7-5-1-3-6(8)4-2-5;3*5-1-3-7-4-2-6;1-4(2)3/h5-12H,13-16H2,1-4H3;2*3-6,10H,1-2H3;1-4,8H,7H2;2*1-4H2;5-6H,1-4H2;. The maximum absolute atomic E-state index is 9.09. The molecule has 0 fully saturated rings. The third kappa shape index (κ3) is 51.2. The van der Waals surface area contributed by atoms with Crippen molar-refractivity contribution < 1.29 is 58.2 Å². The minimum Gasteiger partial charge on any atom is -0.508 e. The van der Waals surface area contributed by atoms with E-state index in [1.807, 2.05) is 139 Å². The summed E-state index contributed by atoms with van der Waals surface area (Å²) in [4.78, 5) is 8.08. The van der Waals surface area contributed by atoms with E-state index in [-0.39, 0.29) is 19.0 Å². The van der Waals surface area contributed by atoms with Gasteiger partial charge in [0.15, 0.2) is 0 Å². The van der Waals surface area contributed by atoms with Gasteiger partial charge in [-0.05, 0) is 121 Å². The lowest BCUT2D eigenvalue weighted by atomic mass is 10.3. The monoisotopic (exact) mass is 1240 g/mol. The first kappa shape index (κ1) is 78.0. The number of nitrogens with zero attached hydrogens (tertiary/aromatic N) is 4. The maximum Gasteiger partial charge on any atom is 0.211 e. The zero-order valence-electron chi connectivity index (χ0n) is 46.0. The molecule has 0 aliphatic rings. The molecule has 0 heterocycles. The van der Waals surface area contributed by atoms with Crippen LogP contribution in [0.2, 0.25) is 0 Å². The average Bonchev–Trinajstić information content (AvgIpc) is 3.41. The lowest BCUT2D eigenvalue weighted by Crippen LogP contribution is -2.12. The Hall–Kier alpha value is -4.25. The lowest BCUT2D eigenvalue weighted by molar-refractivity contribution is 0.0650. The van der Waals surface area contributed by atoms with Gasteiger partial charge in [-0.2, -0.15) is 0 Å². The number of alkyl halides is 4. The summed E-state index contributed by atoms with van der Waals surface area (Å²) >= 11 is 21.1.